The molecule has 2 heterocycles. The standard InChI is InChI=1S/C9H12N4OS/c1-5(7-3-10-4-7)8(14)12-9-11-6(2)13-15-9/h10H,3-4H2,1-2H3,(H,11,12,13,14). The van der Waals surface area contributed by atoms with Gasteiger partial charge in [0, 0.05) is 30.2 Å². The number of carbonyl (C=O) groups is 1. The molecular formula is C9H12N4OS. The summed E-state index contributed by atoms with van der Waals surface area (Å²) < 4.78 is 4.00. The zero-order valence-electron chi connectivity index (χ0n) is 8.63. The number of nitrogens with one attached hydrogen (secondary N) is 2. The van der Waals surface area contributed by atoms with E-state index in [9.17, 15) is 4.79 Å². The highest BCUT2D eigenvalue weighted by molar-refractivity contribution is 7.09. The molecule has 2 N–H and O–H groups in total. The Morgan fingerprint density at radius 1 is 1.53 bits per heavy atom. The van der Waals surface area contributed by atoms with Crippen molar-refractivity contribution in [3.8, 4) is 0 Å². The van der Waals surface area contributed by atoms with Gasteiger partial charge < -0.3 is 5.32 Å². The van der Waals surface area contributed by atoms with Gasteiger partial charge >= 0.3 is 0 Å². The Balaban J connectivity index is 2.03. The highest BCUT2D eigenvalue weighted by Crippen LogP contribution is 2.14. The molecule has 1 aromatic rings. The van der Waals surface area contributed by atoms with E-state index in [0.717, 1.165) is 24.2 Å². The lowest BCUT2D eigenvalue weighted by molar-refractivity contribution is -0.112. The van der Waals surface area contributed by atoms with Crippen molar-refractivity contribution in [2.45, 2.75) is 13.8 Å². The van der Waals surface area contributed by atoms with Crippen molar-refractivity contribution in [2.75, 3.05) is 18.4 Å². The first kappa shape index (κ1) is 10.3. The molecule has 1 fully saturated rings. The second-order valence-electron chi connectivity index (χ2n) is 3.43. The van der Waals surface area contributed by atoms with Crippen LogP contribution in [0.2, 0.25) is 0 Å². The zero-order valence-corrected chi connectivity index (χ0v) is 9.44. The number of rotatable bonds is 2. The van der Waals surface area contributed by atoms with Crippen LogP contribution in [-0.2, 0) is 4.79 Å². The predicted octanol–water partition coefficient (Wildman–Crippen LogP) is 0.705. The summed E-state index contributed by atoms with van der Waals surface area (Å²) in [5.74, 6) is 0.605. The fourth-order valence-corrected chi connectivity index (χ4v) is 1.79. The second kappa shape index (κ2) is 4.08. The van der Waals surface area contributed by atoms with Gasteiger partial charge in [-0.3, -0.25) is 10.1 Å². The Morgan fingerprint density at radius 3 is 2.73 bits per heavy atom. The van der Waals surface area contributed by atoms with Crippen LogP contribution in [0.25, 0.3) is 0 Å². The molecule has 1 saturated heterocycles. The third-order valence-corrected chi connectivity index (χ3v) is 3.02. The molecule has 0 atom stereocenters. The maximum Gasteiger partial charge on any atom is 0.253 e. The zero-order chi connectivity index (χ0) is 10.8. The summed E-state index contributed by atoms with van der Waals surface area (Å²) in [6.45, 7) is 5.26. The fraction of sp³-hybridized carbons (Fsp3) is 0.444. The fourth-order valence-electron chi connectivity index (χ4n) is 1.21. The summed E-state index contributed by atoms with van der Waals surface area (Å²) in [7, 11) is 0. The van der Waals surface area contributed by atoms with Crippen LogP contribution in [0.5, 0.6) is 0 Å². The number of carbonyl (C=O) groups excluding carboxylic acids is 1. The molecule has 1 amide bonds. The Bertz CT molecular complexity index is 418. The molecule has 0 bridgehead atoms. The number of anilines is 1. The van der Waals surface area contributed by atoms with Gasteiger partial charge in [0.1, 0.15) is 5.82 Å². The largest absolute Gasteiger partial charge is 0.309 e. The molecule has 80 valence electrons. The third kappa shape index (κ3) is 2.21. The molecule has 6 heteroatoms. The van der Waals surface area contributed by atoms with Crippen molar-refractivity contribution in [2.24, 2.45) is 0 Å². The topological polar surface area (TPSA) is 66.9 Å². The summed E-state index contributed by atoms with van der Waals surface area (Å²) in [5, 5.41) is 6.39. The molecule has 0 radical (unpaired) electrons. The van der Waals surface area contributed by atoms with Gasteiger partial charge in [-0.25, -0.2) is 4.98 Å². The van der Waals surface area contributed by atoms with E-state index in [1.165, 1.54) is 11.5 Å². The Kier molecular flexibility index (Phi) is 2.79. The molecule has 15 heavy (non-hydrogen) atoms. The maximum atomic E-state index is 11.7. The van der Waals surface area contributed by atoms with Gasteiger partial charge in [0.15, 0.2) is 0 Å². The second-order valence-corrected chi connectivity index (χ2v) is 4.18. The highest BCUT2D eigenvalue weighted by atomic mass is 32.1. The SMILES string of the molecule is CC(C(=O)Nc1nc(C)ns1)=C1CNC1. The molecule has 0 spiro atoms. The minimum Gasteiger partial charge on any atom is -0.309 e. The van der Waals surface area contributed by atoms with Gasteiger partial charge in [0.25, 0.3) is 5.91 Å². The summed E-state index contributed by atoms with van der Waals surface area (Å²) in [6, 6.07) is 0. The average Bonchev–Trinajstić information content (AvgIpc) is 2.48. The maximum absolute atomic E-state index is 11.7. The van der Waals surface area contributed by atoms with Gasteiger partial charge in [0.05, 0.1) is 0 Å². The molecule has 0 unspecified atom stereocenters. The molecule has 2 rings (SSSR count). The summed E-state index contributed by atoms with van der Waals surface area (Å²) >= 11 is 1.20. The molecular weight excluding hydrogens is 212 g/mol. The predicted molar refractivity (Wildman–Crippen MR) is 58.8 cm³/mol. The first-order valence-corrected chi connectivity index (χ1v) is 5.45. The van der Waals surface area contributed by atoms with Crippen molar-refractivity contribution in [3.63, 3.8) is 0 Å². The average molecular weight is 224 g/mol. The summed E-state index contributed by atoms with van der Waals surface area (Å²) in [4.78, 5) is 15.8. The van der Waals surface area contributed by atoms with Crippen molar-refractivity contribution in [3.05, 3.63) is 17.0 Å². The summed E-state index contributed by atoms with van der Waals surface area (Å²) in [5.41, 5.74) is 1.94. The van der Waals surface area contributed by atoms with Crippen LogP contribution < -0.4 is 10.6 Å². The Labute approximate surface area is 91.8 Å². The molecule has 5 nitrogen and oxygen atoms in total. The van der Waals surface area contributed by atoms with Crippen molar-refractivity contribution >= 4 is 22.6 Å². The van der Waals surface area contributed by atoms with E-state index in [4.69, 9.17) is 0 Å². The van der Waals surface area contributed by atoms with E-state index in [-0.39, 0.29) is 5.91 Å². The smallest absolute Gasteiger partial charge is 0.253 e. The lowest BCUT2D eigenvalue weighted by atomic mass is 10.0. The van der Waals surface area contributed by atoms with E-state index in [0.29, 0.717) is 11.0 Å². The number of nitrogens with zero attached hydrogens (tertiary/aromatic N) is 2. The molecule has 1 aliphatic rings. The lowest BCUT2D eigenvalue weighted by Crippen LogP contribution is -2.36. The molecule has 0 aromatic carbocycles. The quantitative estimate of drug-likeness (QED) is 0.726. The third-order valence-electron chi connectivity index (χ3n) is 2.30. The van der Waals surface area contributed by atoms with Crippen molar-refractivity contribution in [1.29, 1.82) is 0 Å². The number of aryl methyl sites for hydroxylation is 1. The van der Waals surface area contributed by atoms with E-state index >= 15 is 0 Å². The summed E-state index contributed by atoms with van der Waals surface area (Å²) in [6.07, 6.45) is 0. The van der Waals surface area contributed by atoms with Crippen LogP contribution in [0.3, 0.4) is 0 Å². The van der Waals surface area contributed by atoms with Gasteiger partial charge in [0.2, 0.25) is 5.13 Å². The van der Waals surface area contributed by atoms with Gasteiger partial charge in [-0.2, -0.15) is 4.37 Å². The number of hydrogen-bond acceptors (Lipinski definition) is 5. The minimum atomic E-state index is -0.0809. The van der Waals surface area contributed by atoms with E-state index in [1.54, 1.807) is 6.92 Å². The molecule has 0 saturated carbocycles. The normalized spacial score (nSPS) is 14.7. The van der Waals surface area contributed by atoms with Crippen LogP contribution in [0.1, 0.15) is 12.7 Å². The van der Waals surface area contributed by atoms with Crippen LogP contribution in [0.4, 0.5) is 5.13 Å². The van der Waals surface area contributed by atoms with E-state index in [2.05, 4.69) is 20.0 Å². The van der Waals surface area contributed by atoms with Crippen LogP contribution >= 0.6 is 11.5 Å². The Morgan fingerprint density at radius 2 is 2.27 bits per heavy atom. The van der Waals surface area contributed by atoms with Gasteiger partial charge in [-0.15, -0.1) is 0 Å². The highest BCUT2D eigenvalue weighted by Gasteiger charge is 2.16. The lowest BCUT2D eigenvalue weighted by Gasteiger charge is -2.21. The molecule has 1 aromatic heterocycles. The van der Waals surface area contributed by atoms with Crippen molar-refractivity contribution in [1.82, 2.24) is 14.7 Å². The van der Waals surface area contributed by atoms with Crippen LogP contribution in [0, 0.1) is 6.92 Å². The Hall–Kier alpha value is -1.27. The van der Waals surface area contributed by atoms with Gasteiger partial charge in [-0.1, -0.05) is 0 Å². The van der Waals surface area contributed by atoms with Crippen LogP contribution in [-0.4, -0.2) is 28.4 Å². The van der Waals surface area contributed by atoms with Crippen LogP contribution in [0.15, 0.2) is 11.1 Å². The number of amides is 1. The van der Waals surface area contributed by atoms with E-state index < -0.39 is 0 Å². The van der Waals surface area contributed by atoms with Gasteiger partial charge in [-0.05, 0) is 19.4 Å². The first-order chi connectivity index (χ1) is 7.16. The number of hydrogen-bond donors (Lipinski definition) is 2. The van der Waals surface area contributed by atoms with E-state index in [1.807, 2.05) is 6.92 Å². The number of aromatic nitrogens is 2. The first-order valence-electron chi connectivity index (χ1n) is 4.68. The minimum absolute atomic E-state index is 0.0809. The molecule has 1 aliphatic heterocycles. The monoisotopic (exact) mass is 224 g/mol. The molecule has 0 aliphatic carbocycles. The van der Waals surface area contributed by atoms with Crippen molar-refractivity contribution < 1.29 is 4.79 Å².